The van der Waals surface area contributed by atoms with Crippen LogP contribution < -0.4 is 9.88 Å². The molecule has 0 saturated carbocycles. The van der Waals surface area contributed by atoms with Gasteiger partial charge in [0.25, 0.3) is 0 Å². The van der Waals surface area contributed by atoms with E-state index in [4.69, 9.17) is 9.72 Å². The fraction of sp³-hybridized carbons (Fsp3) is 0.222. The Kier molecular flexibility index (Phi) is 5.94. The molecule has 2 unspecified atom stereocenters. The molecule has 0 bridgehead atoms. The average molecular weight is 459 g/mol. The molecule has 34 heavy (non-hydrogen) atoms. The van der Waals surface area contributed by atoms with Gasteiger partial charge in [0.1, 0.15) is 29.2 Å². The van der Waals surface area contributed by atoms with Gasteiger partial charge in [0.2, 0.25) is 0 Å². The number of anilines is 1. The van der Waals surface area contributed by atoms with Crippen molar-refractivity contribution in [2.75, 3.05) is 12.4 Å². The molecule has 0 radical (unpaired) electrons. The molecule has 0 amide bonds. The van der Waals surface area contributed by atoms with Gasteiger partial charge in [-0.05, 0) is 23.3 Å². The lowest BCUT2D eigenvalue weighted by molar-refractivity contribution is -0.553. The number of halogens is 1. The molecule has 5 rings (SSSR count). The van der Waals surface area contributed by atoms with Crippen molar-refractivity contribution in [3.63, 3.8) is 0 Å². The third-order valence-corrected chi connectivity index (χ3v) is 6.14. The number of rotatable bonds is 6. The lowest BCUT2D eigenvalue weighted by Crippen LogP contribution is -2.44. The molecule has 0 fully saturated rings. The predicted octanol–water partition coefficient (Wildman–Crippen LogP) is 3.45. The lowest BCUT2D eigenvalue weighted by atomic mass is 10.00. The second kappa shape index (κ2) is 9.19. The number of hydrogen-bond donors (Lipinski definition) is 2. The second-order valence-electron chi connectivity index (χ2n) is 8.49. The maximum absolute atomic E-state index is 13.4. The lowest BCUT2D eigenvalue weighted by Gasteiger charge is -2.18. The third-order valence-electron chi connectivity index (χ3n) is 6.14. The molecule has 2 atom stereocenters. The van der Waals surface area contributed by atoms with Crippen LogP contribution in [0.15, 0.2) is 78.7 Å². The van der Waals surface area contributed by atoms with Gasteiger partial charge in [0.05, 0.1) is 13.2 Å². The summed E-state index contributed by atoms with van der Waals surface area (Å²) in [7, 11) is 1.57. The zero-order valence-electron chi connectivity index (χ0n) is 18.7. The van der Waals surface area contributed by atoms with E-state index >= 15 is 0 Å². The van der Waals surface area contributed by atoms with Gasteiger partial charge in [-0.3, -0.25) is 5.32 Å². The SMILES string of the molecule is COC1=C(c2c[n+]3c(c(Cc4ccccc4)n2)NC(Cc2ccc(F)cc2)C3=O)C=CC(O)C1. The first kappa shape index (κ1) is 22.0. The first-order chi connectivity index (χ1) is 16.5. The topological polar surface area (TPSA) is 75.3 Å². The van der Waals surface area contributed by atoms with Crippen LogP contribution in [0.5, 0.6) is 0 Å². The van der Waals surface area contributed by atoms with Gasteiger partial charge < -0.3 is 9.84 Å². The Morgan fingerprint density at radius 1 is 1.15 bits per heavy atom. The molecule has 3 aromatic rings. The predicted molar refractivity (Wildman–Crippen MR) is 126 cm³/mol. The van der Waals surface area contributed by atoms with E-state index in [1.807, 2.05) is 30.3 Å². The van der Waals surface area contributed by atoms with Crippen molar-refractivity contribution in [2.45, 2.75) is 31.4 Å². The summed E-state index contributed by atoms with van der Waals surface area (Å²) < 4.78 is 20.5. The number of nitrogens with zero attached hydrogens (tertiary/aromatic N) is 2. The van der Waals surface area contributed by atoms with Gasteiger partial charge in [-0.2, -0.15) is 4.57 Å². The van der Waals surface area contributed by atoms with Crippen molar-refractivity contribution >= 4 is 17.3 Å². The summed E-state index contributed by atoms with van der Waals surface area (Å²) in [6, 6.07) is 15.6. The highest BCUT2D eigenvalue weighted by molar-refractivity contribution is 5.83. The van der Waals surface area contributed by atoms with E-state index in [9.17, 15) is 14.3 Å². The van der Waals surface area contributed by atoms with Gasteiger partial charge in [0.15, 0.2) is 6.04 Å². The van der Waals surface area contributed by atoms with Crippen molar-refractivity contribution in [3.8, 4) is 0 Å². The molecule has 2 N–H and O–H groups in total. The van der Waals surface area contributed by atoms with E-state index in [0.29, 0.717) is 36.5 Å². The van der Waals surface area contributed by atoms with E-state index in [-0.39, 0.29) is 11.7 Å². The van der Waals surface area contributed by atoms with Gasteiger partial charge in [-0.1, -0.05) is 54.6 Å². The van der Waals surface area contributed by atoms with Crippen molar-refractivity contribution in [2.24, 2.45) is 0 Å². The fourth-order valence-corrected chi connectivity index (χ4v) is 4.40. The zero-order valence-corrected chi connectivity index (χ0v) is 18.7. The quantitative estimate of drug-likeness (QED) is 0.554. The molecule has 1 aliphatic heterocycles. The minimum atomic E-state index is -0.618. The van der Waals surface area contributed by atoms with E-state index in [1.54, 1.807) is 42.2 Å². The molecular weight excluding hydrogens is 433 g/mol. The number of fused-ring (bicyclic) bond motifs is 1. The Balaban J connectivity index is 1.55. The Labute approximate surface area is 197 Å². The summed E-state index contributed by atoms with van der Waals surface area (Å²) in [5.41, 5.74) is 4.02. The van der Waals surface area contributed by atoms with Crippen LogP contribution in [-0.4, -0.2) is 35.3 Å². The summed E-state index contributed by atoms with van der Waals surface area (Å²) in [4.78, 5) is 18.3. The van der Waals surface area contributed by atoms with Crippen molar-refractivity contribution in [1.82, 2.24) is 4.98 Å². The highest BCUT2D eigenvalue weighted by atomic mass is 19.1. The first-order valence-electron chi connectivity index (χ1n) is 11.2. The van der Waals surface area contributed by atoms with Crippen LogP contribution in [0.4, 0.5) is 10.2 Å². The number of nitrogens with one attached hydrogen (secondary N) is 1. The standard InChI is InChI=1S/C27H24FN3O3/c1-34-25-15-20(32)11-12-21(25)24-16-31-26(22(29-24)13-17-5-3-2-4-6-17)30-23(27(31)33)14-18-7-9-19(28)10-8-18/h2-12,16,20,23,32H,13-15H2,1H3/p+1. The Morgan fingerprint density at radius 3 is 2.65 bits per heavy atom. The van der Waals surface area contributed by atoms with Crippen LogP contribution in [0.2, 0.25) is 0 Å². The van der Waals surface area contributed by atoms with E-state index in [1.165, 1.54) is 12.1 Å². The van der Waals surface area contributed by atoms with Crippen molar-refractivity contribution in [1.29, 1.82) is 0 Å². The van der Waals surface area contributed by atoms with E-state index < -0.39 is 12.1 Å². The molecular formula is C27H25FN3O3+. The number of allylic oxidation sites excluding steroid dienone is 2. The molecule has 1 aliphatic carbocycles. The highest BCUT2D eigenvalue weighted by Crippen LogP contribution is 2.29. The number of hydrogen-bond acceptors (Lipinski definition) is 5. The molecule has 6 nitrogen and oxygen atoms in total. The molecule has 172 valence electrons. The minimum Gasteiger partial charge on any atom is -0.500 e. The largest absolute Gasteiger partial charge is 0.500 e. The van der Waals surface area contributed by atoms with Crippen molar-refractivity contribution < 1.29 is 23.6 Å². The average Bonchev–Trinajstić information content (AvgIpc) is 3.16. The number of carbonyl (C=O) groups excluding carboxylic acids is 1. The first-order valence-corrected chi connectivity index (χ1v) is 11.2. The van der Waals surface area contributed by atoms with Gasteiger partial charge in [-0.25, -0.2) is 14.2 Å². The van der Waals surface area contributed by atoms with Crippen LogP contribution in [0.3, 0.4) is 0 Å². The summed E-state index contributed by atoms with van der Waals surface area (Å²) >= 11 is 0. The zero-order chi connectivity index (χ0) is 23.7. The molecule has 1 aromatic heterocycles. The Hall–Kier alpha value is -3.84. The number of aliphatic hydroxyl groups is 1. The Bertz CT molecular complexity index is 1290. The molecule has 2 aromatic carbocycles. The van der Waals surface area contributed by atoms with Gasteiger partial charge in [-0.15, -0.1) is 0 Å². The van der Waals surface area contributed by atoms with E-state index in [0.717, 1.165) is 22.4 Å². The monoisotopic (exact) mass is 458 g/mol. The maximum Gasteiger partial charge on any atom is 0.359 e. The number of carbonyl (C=O) groups is 1. The second-order valence-corrected chi connectivity index (χ2v) is 8.49. The Morgan fingerprint density at radius 2 is 1.91 bits per heavy atom. The smallest absolute Gasteiger partial charge is 0.359 e. The van der Waals surface area contributed by atoms with Crippen LogP contribution in [0.1, 0.15) is 33.7 Å². The van der Waals surface area contributed by atoms with Gasteiger partial charge >= 0.3 is 11.7 Å². The van der Waals surface area contributed by atoms with Crippen LogP contribution in [0, 0.1) is 5.82 Å². The van der Waals surface area contributed by atoms with Crippen molar-refractivity contribution in [3.05, 3.63) is 107 Å². The summed E-state index contributed by atoms with van der Waals surface area (Å²) in [6.07, 6.45) is 5.91. The molecule has 0 spiro atoms. The minimum absolute atomic E-state index is 0.100. The number of aliphatic hydroxyl groups excluding tert-OH is 1. The van der Waals surface area contributed by atoms with Crippen LogP contribution in [-0.2, 0) is 17.6 Å². The number of aromatic nitrogens is 2. The van der Waals surface area contributed by atoms with Gasteiger partial charge in [0, 0.05) is 24.8 Å². The summed E-state index contributed by atoms with van der Waals surface area (Å²) in [6.45, 7) is 0. The summed E-state index contributed by atoms with van der Waals surface area (Å²) in [5, 5.41) is 13.4. The normalized spacial score (nSPS) is 19.2. The highest BCUT2D eigenvalue weighted by Gasteiger charge is 2.41. The van der Waals surface area contributed by atoms with E-state index in [2.05, 4.69) is 5.32 Å². The van der Waals surface area contributed by atoms with Crippen LogP contribution >= 0.6 is 0 Å². The fourth-order valence-electron chi connectivity index (χ4n) is 4.40. The molecule has 2 heterocycles. The number of benzene rings is 2. The third kappa shape index (κ3) is 4.34. The number of ether oxygens (including phenoxy) is 1. The molecule has 0 saturated heterocycles. The van der Waals surface area contributed by atoms with Crippen LogP contribution in [0.25, 0.3) is 5.57 Å². The molecule has 2 aliphatic rings. The molecule has 7 heteroatoms. The summed E-state index contributed by atoms with van der Waals surface area (Å²) in [5.74, 6) is 0.870. The maximum atomic E-state index is 13.4. The number of methoxy groups -OCH3 is 1.